The molecule has 1 aliphatic heterocycles. The van der Waals surface area contributed by atoms with Gasteiger partial charge in [-0.25, -0.2) is 9.59 Å². The fourth-order valence-corrected chi connectivity index (χ4v) is 3.57. The number of ether oxygens (including phenoxy) is 1. The van der Waals surface area contributed by atoms with Crippen LogP contribution in [0.2, 0.25) is 0 Å². The second kappa shape index (κ2) is 6.24. The Kier molecular flexibility index (Phi) is 4.79. The zero-order chi connectivity index (χ0) is 15.6. The lowest BCUT2D eigenvalue weighted by Crippen LogP contribution is -2.43. The SMILES string of the molecule is CC(C)(C)OC(=O)N1CC(C2CCCCC2)CC1C(=O)O. The number of rotatable bonds is 2. The molecular formula is C16H27NO4. The van der Waals surface area contributed by atoms with Crippen LogP contribution in [0.15, 0.2) is 0 Å². The molecular weight excluding hydrogens is 270 g/mol. The van der Waals surface area contributed by atoms with E-state index < -0.39 is 23.7 Å². The van der Waals surface area contributed by atoms with Gasteiger partial charge in [-0.3, -0.25) is 4.90 Å². The van der Waals surface area contributed by atoms with E-state index in [9.17, 15) is 14.7 Å². The highest BCUT2D eigenvalue weighted by atomic mass is 16.6. The van der Waals surface area contributed by atoms with Gasteiger partial charge in [0.15, 0.2) is 0 Å². The lowest BCUT2D eigenvalue weighted by molar-refractivity contribution is -0.142. The minimum Gasteiger partial charge on any atom is -0.480 e. The first-order chi connectivity index (χ1) is 9.78. The van der Waals surface area contributed by atoms with E-state index >= 15 is 0 Å². The number of hydrogen-bond acceptors (Lipinski definition) is 3. The number of carboxylic acids is 1. The van der Waals surface area contributed by atoms with Crippen molar-refractivity contribution < 1.29 is 19.4 Å². The number of likely N-dealkylation sites (tertiary alicyclic amines) is 1. The Labute approximate surface area is 126 Å². The first kappa shape index (κ1) is 16.1. The Balaban J connectivity index is 2.04. The summed E-state index contributed by atoms with van der Waals surface area (Å²) in [6, 6.07) is -0.730. The van der Waals surface area contributed by atoms with Crippen molar-refractivity contribution in [2.45, 2.75) is 70.9 Å². The molecule has 1 heterocycles. The zero-order valence-corrected chi connectivity index (χ0v) is 13.3. The molecule has 0 aromatic rings. The van der Waals surface area contributed by atoms with Gasteiger partial charge in [-0.2, -0.15) is 0 Å². The smallest absolute Gasteiger partial charge is 0.411 e. The molecule has 120 valence electrons. The molecule has 2 rings (SSSR count). The Bertz CT molecular complexity index is 396. The lowest BCUT2D eigenvalue weighted by Gasteiger charge is -2.28. The summed E-state index contributed by atoms with van der Waals surface area (Å²) in [6.07, 6.45) is 6.14. The number of carbonyl (C=O) groups excluding carboxylic acids is 1. The molecule has 2 atom stereocenters. The monoisotopic (exact) mass is 297 g/mol. The highest BCUT2D eigenvalue weighted by Gasteiger charge is 2.43. The molecule has 2 unspecified atom stereocenters. The fourth-order valence-electron chi connectivity index (χ4n) is 3.57. The summed E-state index contributed by atoms with van der Waals surface area (Å²) in [7, 11) is 0. The quantitative estimate of drug-likeness (QED) is 0.849. The predicted octanol–water partition coefficient (Wildman–Crippen LogP) is 3.28. The third-order valence-electron chi connectivity index (χ3n) is 4.56. The van der Waals surface area contributed by atoms with Gasteiger partial charge in [0.25, 0.3) is 0 Å². The third-order valence-corrected chi connectivity index (χ3v) is 4.56. The number of aliphatic carboxylic acids is 1. The topological polar surface area (TPSA) is 66.8 Å². The van der Waals surface area contributed by atoms with Crippen molar-refractivity contribution in [2.75, 3.05) is 6.54 Å². The molecule has 1 amide bonds. The van der Waals surface area contributed by atoms with Gasteiger partial charge in [-0.15, -0.1) is 0 Å². The van der Waals surface area contributed by atoms with Crippen LogP contribution in [0.25, 0.3) is 0 Å². The molecule has 0 aromatic carbocycles. The molecule has 1 saturated carbocycles. The van der Waals surface area contributed by atoms with Crippen molar-refractivity contribution in [1.82, 2.24) is 4.90 Å². The van der Waals surface area contributed by atoms with Gasteiger partial charge in [0.05, 0.1) is 0 Å². The molecule has 0 aromatic heterocycles. The van der Waals surface area contributed by atoms with Crippen molar-refractivity contribution >= 4 is 12.1 Å². The van der Waals surface area contributed by atoms with E-state index in [0.717, 1.165) is 0 Å². The van der Waals surface area contributed by atoms with Gasteiger partial charge in [0, 0.05) is 6.54 Å². The van der Waals surface area contributed by atoms with E-state index in [1.54, 1.807) is 20.8 Å². The molecule has 1 saturated heterocycles. The number of amides is 1. The summed E-state index contributed by atoms with van der Waals surface area (Å²) >= 11 is 0. The maximum absolute atomic E-state index is 12.2. The van der Waals surface area contributed by atoms with Crippen molar-refractivity contribution in [1.29, 1.82) is 0 Å². The minimum atomic E-state index is -0.917. The van der Waals surface area contributed by atoms with Crippen LogP contribution in [0.1, 0.15) is 59.3 Å². The standard InChI is InChI=1S/C16H27NO4/c1-16(2,3)21-15(20)17-10-12(9-13(17)14(18)19)11-7-5-4-6-8-11/h11-13H,4-10H2,1-3H3,(H,18,19). The molecule has 0 bridgehead atoms. The molecule has 1 N–H and O–H groups in total. The predicted molar refractivity (Wildman–Crippen MR) is 79.0 cm³/mol. The van der Waals surface area contributed by atoms with E-state index in [0.29, 0.717) is 24.8 Å². The molecule has 2 fully saturated rings. The Morgan fingerprint density at radius 1 is 1.10 bits per heavy atom. The summed E-state index contributed by atoms with van der Waals surface area (Å²) in [6.45, 7) is 5.93. The number of carboxylic acid groups (broad SMARTS) is 1. The van der Waals surface area contributed by atoms with Crippen molar-refractivity contribution in [3.05, 3.63) is 0 Å². The first-order valence-corrected chi connectivity index (χ1v) is 8.00. The van der Waals surface area contributed by atoms with Gasteiger partial charge < -0.3 is 9.84 Å². The largest absolute Gasteiger partial charge is 0.480 e. The first-order valence-electron chi connectivity index (χ1n) is 8.00. The number of carbonyl (C=O) groups is 2. The van der Waals surface area contributed by atoms with Crippen molar-refractivity contribution in [3.63, 3.8) is 0 Å². The number of hydrogen-bond donors (Lipinski definition) is 1. The van der Waals surface area contributed by atoms with Gasteiger partial charge in [0.1, 0.15) is 11.6 Å². The summed E-state index contributed by atoms with van der Waals surface area (Å²) < 4.78 is 5.36. The molecule has 1 aliphatic carbocycles. The summed E-state index contributed by atoms with van der Waals surface area (Å²) in [5.74, 6) is -0.0499. The van der Waals surface area contributed by atoms with E-state index in [-0.39, 0.29) is 0 Å². The molecule has 21 heavy (non-hydrogen) atoms. The summed E-state index contributed by atoms with van der Waals surface area (Å²) in [4.78, 5) is 25.1. The van der Waals surface area contributed by atoms with E-state index in [1.807, 2.05) is 0 Å². The normalized spacial score (nSPS) is 27.7. The highest BCUT2D eigenvalue weighted by molar-refractivity contribution is 5.81. The second-order valence-electron chi connectivity index (χ2n) is 7.38. The fraction of sp³-hybridized carbons (Fsp3) is 0.875. The van der Waals surface area contributed by atoms with Gasteiger partial charge in [0.2, 0.25) is 0 Å². The maximum Gasteiger partial charge on any atom is 0.411 e. The molecule has 5 nitrogen and oxygen atoms in total. The van der Waals surface area contributed by atoms with Crippen LogP contribution in [0, 0.1) is 11.8 Å². The molecule has 2 aliphatic rings. The van der Waals surface area contributed by atoms with Crippen LogP contribution in [-0.2, 0) is 9.53 Å². The van der Waals surface area contributed by atoms with Gasteiger partial charge in [-0.05, 0) is 39.0 Å². The van der Waals surface area contributed by atoms with Crippen molar-refractivity contribution in [3.8, 4) is 0 Å². The lowest BCUT2D eigenvalue weighted by atomic mass is 9.79. The van der Waals surface area contributed by atoms with Crippen LogP contribution in [0.4, 0.5) is 4.79 Å². The van der Waals surface area contributed by atoms with E-state index in [2.05, 4.69) is 0 Å². The Hall–Kier alpha value is -1.26. The highest BCUT2D eigenvalue weighted by Crippen LogP contribution is 2.38. The van der Waals surface area contributed by atoms with Crippen LogP contribution < -0.4 is 0 Å². The maximum atomic E-state index is 12.2. The van der Waals surface area contributed by atoms with Crippen LogP contribution in [-0.4, -0.2) is 40.3 Å². The van der Waals surface area contributed by atoms with Crippen LogP contribution >= 0.6 is 0 Å². The average molecular weight is 297 g/mol. The summed E-state index contributed by atoms with van der Waals surface area (Å²) in [5.41, 5.74) is -0.594. The van der Waals surface area contributed by atoms with Crippen LogP contribution in [0.3, 0.4) is 0 Å². The third kappa shape index (κ3) is 4.11. The Morgan fingerprint density at radius 3 is 2.24 bits per heavy atom. The van der Waals surface area contributed by atoms with Gasteiger partial charge >= 0.3 is 12.1 Å². The molecule has 0 spiro atoms. The average Bonchev–Trinajstić information content (AvgIpc) is 2.83. The second-order valence-corrected chi connectivity index (χ2v) is 7.38. The van der Waals surface area contributed by atoms with Crippen LogP contribution in [0.5, 0.6) is 0 Å². The molecule has 5 heteroatoms. The minimum absolute atomic E-state index is 0.305. The molecule has 0 radical (unpaired) electrons. The number of nitrogens with zero attached hydrogens (tertiary/aromatic N) is 1. The zero-order valence-electron chi connectivity index (χ0n) is 13.3. The Morgan fingerprint density at radius 2 is 1.71 bits per heavy atom. The summed E-state index contributed by atoms with van der Waals surface area (Å²) in [5, 5.41) is 9.40. The van der Waals surface area contributed by atoms with E-state index in [1.165, 1.54) is 37.0 Å². The van der Waals surface area contributed by atoms with Crippen molar-refractivity contribution in [2.24, 2.45) is 11.8 Å². The van der Waals surface area contributed by atoms with Gasteiger partial charge in [-0.1, -0.05) is 32.1 Å². The van der Waals surface area contributed by atoms with E-state index in [4.69, 9.17) is 4.74 Å².